The van der Waals surface area contributed by atoms with Gasteiger partial charge in [0.2, 0.25) is 5.91 Å². The van der Waals surface area contributed by atoms with E-state index in [9.17, 15) is 19.1 Å². The number of benzene rings is 1. The molecule has 1 aliphatic rings. The third-order valence-corrected chi connectivity index (χ3v) is 3.15. The minimum Gasteiger partial charge on any atom is -0.389 e. The first-order valence-electron chi connectivity index (χ1n) is 6.53. The monoisotopic (exact) mass is 296 g/mol. The summed E-state index contributed by atoms with van der Waals surface area (Å²) in [5.41, 5.74) is 0.387. The Bertz CT molecular complexity index is 537. The van der Waals surface area contributed by atoms with Crippen molar-refractivity contribution in [2.24, 2.45) is 0 Å². The third-order valence-electron chi connectivity index (χ3n) is 3.15. The van der Waals surface area contributed by atoms with Crippen LogP contribution < -0.4 is 0 Å². The zero-order valence-corrected chi connectivity index (χ0v) is 11.7. The van der Waals surface area contributed by atoms with E-state index in [0.29, 0.717) is 5.56 Å². The van der Waals surface area contributed by atoms with Gasteiger partial charge in [0.05, 0.1) is 25.9 Å². The van der Waals surface area contributed by atoms with Crippen molar-refractivity contribution in [3.8, 4) is 0 Å². The molecule has 6 nitrogen and oxygen atoms in total. The highest BCUT2D eigenvalue weighted by Crippen LogP contribution is 2.10. The van der Waals surface area contributed by atoms with Crippen molar-refractivity contribution >= 4 is 11.9 Å². The van der Waals surface area contributed by atoms with E-state index in [-0.39, 0.29) is 38.0 Å². The molecule has 3 amide bonds. The fourth-order valence-corrected chi connectivity index (χ4v) is 2.03. The Morgan fingerprint density at radius 2 is 2.10 bits per heavy atom. The number of hydrogen-bond donors (Lipinski definition) is 1. The van der Waals surface area contributed by atoms with Gasteiger partial charge in [-0.2, -0.15) is 0 Å². The van der Waals surface area contributed by atoms with Gasteiger partial charge in [-0.3, -0.25) is 9.69 Å². The van der Waals surface area contributed by atoms with Gasteiger partial charge in [0.1, 0.15) is 12.4 Å². The number of aliphatic hydroxyl groups excluding tert-OH is 1. The Hall–Kier alpha value is -1.99. The van der Waals surface area contributed by atoms with E-state index in [2.05, 4.69) is 0 Å². The number of likely N-dealkylation sites (N-methyl/N-ethyl adjacent to an activating group) is 1. The van der Waals surface area contributed by atoms with Crippen molar-refractivity contribution in [3.05, 3.63) is 35.6 Å². The van der Waals surface area contributed by atoms with E-state index in [4.69, 9.17) is 4.74 Å². The van der Waals surface area contributed by atoms with Gasteiger partial charge >= 0.3 is 6.03 Å². The maximum absolute atomic E-state index is 13.3. The van der Waals surface area contributed by atoms with Gasteiger partial charge in [0.15, 0.2) is 0 Å². The van der Waals surface area contributed by atoms with Gasteiger partial charge < -0.3 is 14.7 Å². The van der Waals surface area contributed by atoms with Gasteiger partial charge in [0, 0.05) is 12.6 Å². The number of hydrogen-bond acceptors (Lipinski definition) is 4. The second-order valence-electron chi connectivity index (χ2n) is 4.90. The fraction of sp³-hybridized carbons (Fsp3) is 0.429. The standard InChI is InChI=1S/C14H17FN2O4/c1-16-7-13(19)17(14(16)20)6-11(18)9-21-8-10-4-2-3-5-12(10)15/h2-5,11,18H,6-9H2,1H3/t11-/m0/s1. The number of carbonyl (C=O) groups is 2. The average Bonchev–Trinajstić information content (AvgIpc) is 2.68. The molecule has 114 valence electrons. The van der Waals surface area contributed by atoms with E-state index in [0.717, 1.165) is 4.90 Å². The van der Waals surface area contributed by atoms with E-state index in [1.807, 2.05) is 0 Å². The van der Waals surface area contributed by atoms with Crippen molar-refractivity contribution < 1.29 is 23.8 Å². The van der Waals surface area contributed by atoms with E-state index in [1.165, 1.54) is 18.0 Å². The Kier molecular flexibility index (Phi) is 4.87. The molecule has 1 fully saturated rings. The van der Waals surface area contributed by atoms with Crippen LogP contribution in [-0.4, -0.2) is 59.7 Å². The molecular weight excluding hydrogens is 279 g/mol. The Labute approximate surface area is 121 Å². The zero-order chi connectivity index (χ0) is 15.4. The number of β-amino-alcohol motifs (C(OH)–C–C–N with tert-alkyl or cyclic N) is 1. The van der Waals surface area contributed by atoms with Crippen molar-refractivity contribution in [1.82, 2.24) is 9.80 Å². The molecule has 1 aromatic rings. The summed E-state index contributed by atoms with van der Waals surface area (Å²) >= 11 is 0. The van der Waals surface area contributed by atoms with Gasteiger partial charge in [-0.1, -0.05) is 18.2 Å². The van der Waals surface area contributed by atoms with Gasteiger partial charge in [-0.15, -0.1) is 0 Å². The number of aliphatic hydroxyl groups is 1. The third kappa shape index (κ3) is 3.77. The lowest BCUT2D eigenvalue weighted by Gasteiger charge is -2.18. The molecule has 1 N–H and O–H groups in total. The molecule has 0 saturated carbocycles. The van der Waals surface area contributed by atoms with Crippen LogP contribution in [0.5, 0.6) is 0 Å². The molecule has 1 aliphatic heterocycles. The highest BCUT2D eigenvalue weighted by Gasteiger charge is 2.34. The van der Waals surface area contributed by atoms with Gasteiger partial charge in [0.25, 0.3) is 0 Å². The topological polar surface area (TPSA) is 70.1 Å². The largest absolute Gasteiger partial charge is 0.389 e. The van der Waals surface area contributed by atoms with Crippen LogP contribution in [0.3, 0.4) is 0 Å². The summed E-state index contributed by atoms with van der Waals surface area (Å²) in [5, 5.41) is 9.80. The maximum atomic E-state index is 13.3. The summed E-state index contributed by atoms with van der Waals surface area (Å²) < 4.78 is 18.6. The molecule has 0 unspecified atom stereocenters. The quantitative estimate of drug-likeness (QED) is 0.780. The summed E-state index contributed by atoms with van der Waals surface area (Å²) in [6.07, 6.45) is -1.00. The van der Waals surface area contributed by atoms with Crippen LogP contribution in [0.2, 0.25) is 0 Å². The predicted molar refractivity (Wildman–Crippen MR) is 71.8 cm³/mol. The lowest BCUT2D eigenvalue weighted by atomic mass is 10.2. The first-order chi connectivity index (χ1) is 9.99. The Morgan fingerprint density at radius 1 is 1.38 bits per heavy atom. The van der Waals surface area contributed by atoms with Gasteiger partial charge in [-0.05, 0) is 6.07 Å². The van der Waals surface area contributed by atoms with Crippen molar-refractivity contribution in [3.63, 3.8) is 0 Å². The zero-order valence-electron chi connectivity index (χ0n) is 11.7. The number of amides is 3. The molecule has 21 heavy (non-hydrogen) atoms. The minimum absolute atomic E-state index is 0.0155. The molecule has 1 saturated heterocycles. The SMILES string of the molecule is CN1CC(=O)N(C[C@H](O)COCc2ccccc2F)C1=O. The van der Waals surface area contributed by atoms with Crippen molar-refractivity contribution in [2.45, 2.75) is 12.7 Å². The highest BCUT2D eigenvalue weighted by atomic mass is 19.1. The number of imide groups is 1. The van der Waals surface area contributed by atoms with Crippen LogP contribution in [0.1, 0.15) is 5.56 Å². The molecule has 0 spiro atoms. The van der Waals surface area contributed by atoms with Crippen LogP contribution in [0.25, 0.3) is 0 Å². The average molecular weight is 296 g/mol. The normalized spacial score (nSPS) is 16.7. The lowest BCUT2D eigenvalue weighted by molar-refractivity contribution is -0.126. The summed E-state index contributed by atoms with van der Waals surface area (Å²) in [5.74, 6) is -0.728. The highest BCUT2D eigenvalue weighted by molar-refractivity contribution is 6.01. The number of halogens is 1. The second kappa shape index (κ2) is 6.64. The van der Waals surface area contributed by atoms with E-state index >= 15 is 0 Å². The lowest BCUT2D eigenvalue weighted by Crippen LogP contribution is -2.39. The molecule has 1 heterocycles. The molecule has 1 atom stereocenters. The fourth-order valence-electron chi connectivity index (χ4n) is 2.03. The molecule has 0 bridgehead atoms. The number of carbonyl (C=O) groups excluding carboxylic acids is 2. The molecule has 0 aromatic heterocycles. The van der Waals surface area contributed by atoms with E-state index < -0.39 is 12.1 Å². The predicted octanol–water partition coefficient (Wildman–Crippen LogP) is 0.597. The number of ether oxygens (including phenoxy) is 1. The number of urea groups is 1. The molecule has 2 rings (SSSR count). The van der Waals surface area contributed by atoms with Crippen LogP contribution >= 0.6 is 0 Å². The first-order valence-corrected chi connectivity index (χ1v) is 6.53. The molecule has 1 aromatic carbocycles. The molecule has 0 aliphatic carbocycles. The van der Waals surface area contributed by atoms with Crippen LogP contribution in [0.4, 0.5) is 9.18 Å². The van der Waals surface area contributed by atoms with Crippen LogP contribution in [0.15, 0.2) is 24.3 Å². The summed E-state index contributed by atoms with van der Waals surface area (Å²) in [6.45, 7) is -0.179. The van der Waals surface area contributed by atoms with E-state index in [1.54, 1.807) is 18.2 Å². The minimum atomic E-state index is -1.00. The van der Waals surface area contributed by atoms with Crippen LogP contribution in [-0.2, 0) is 16.1 Å². The summed E-state index contributed by atoms with van der Waals surface area (Å²) in [4.78, 5) is 25.4. The molecule has 7 heteroatoms. The molecule has 0 radical (unpaired) electrons. The number of nitrogens with zero attached hydrogens (tertiary/aromatic N) is 2. The smallest absolute Gasteiger partial charge is 0.327 e. The van der Waals surface area contributed by atoms with Crippen molar-refractivity contribution in [1.29, 1.82) is 0 Å². The summed E-state index contributed by atoms with van der Waals surface area (Å²) in [6, 6.07) is 5.74. The first kappa shape index (κ1) is 15.4. The Morgan fingerprint density at radius 3 is 2.71 bits per heavy atom. The number of rotatable bonds is 6. The van der Waals surface area contributed by atoms with Crippen molar-refractivity contribution in [2.75, 3.05) is 26.7 Å². The second-order valence-corrected chi connectivity index (χ2v) is 4.90. The maximum Gasteiger partial charge on any atom is 0.327 e. The Balaban J connectivity index is 1.78. The van der Waals surface area contributed by atoms with Crippen LogP contribution in [0, 0.1) is 5.82 Å². The molecular formula is C14H17FN2O4. The summed E-state index contributed by atoms with van der Waals surface area (Å²) in [7, 11) is 1.52. The van der Waals surface area contributed by atoms with Gasteiger partial charge in [-0.25, -0.2) is 9.18 Å².